The standard InChI is InChI=1S/C17H27NO2/c1-2-3-4-12-20-17-9-7-15(8-10-17)13-18-16-6-5-11-19-14-16/h7-10,16,18H,2-6,11-14H2,1H3. The van der Waals surface area contributed by atoms with E-state index in [1.807, 2.05) is 0 Å². The summed E-state index contributed by atoms with van der Waals surface area (Å²) in [6, 6.07) is 8.94. The van der Waals surface area contributed by atoms with Gasteiger partial charge in [0, 0.05) is 19.2 Å². The molecule has 1 N–H and O–H groups in total. The number of unbranched alkanes of at least 4 members (excludes halogenated alkanes) is 2. The maximum absolute atomic E-state index is 5.72. The van der Waals surface area contributed by atoms with Gasteiger partial charge in [0.05, 0.1) is 13.2 Å². The van der Waals surface area contributed by atoms with E-state index >= 15 is 0 Å². The van der Waals surface area contributed by atoms with Gasteiger partial charge in [0.2, 0.25) is 0 Å². The third-order valence-corrected chi connectivity index (χ3v) is 3.70. The van der Waals surface area contributed by atoms with E-state index < -0.39 is 0 Å². The maximum atomic E-state index is 5.72. The minimum Gasteiger partial charge on any atom is -0.494 e. The second-order valence-electron chi connectivity index (χ2n) is 5.49. The van der Waals surface area contributed by atoms with Gasteiger partial charge in [-0.15, -0.1) is 0 Å². The Morgan fingerprint density at radius 3 is 2.80 bits per heavy atom. The van der Waals surface area contributed by atoms with Crippen molar-refractivity contribution in [2.45, 2.75) is 51.6 Å². The van der Waals surface area contributed by atoms with Crippen LogP contribution in [0.2, 0.25) is 0 Å². The Labute approximate surface area is 122 Å². The zero-order valence-electron chi connectivity index (χ0n) is 12.6. The summed E-state index contributed by atoms with van der Waals surface area (Å²) in [6.45, 7) is 5.70. The van der Waals surface area contributed by atoms with Crippen LogP contribution in [0, 0.1) is 0 Å². The number of hydrogen-bond donors (Lipinski definition) is 1. The molecule has 112 valence electrons. The van der Waals surface area contributed by atoms with Crippen LogP contribution in [0.15, 0.2) is 24.3 Å². The highest BCUT2D eigenvalue weighted by molar-refractivity contribution is 5.27. The Balaban J connectivity index is 1.68. The van der Waals surface area contributed by atoms with E-state index in [0.29, 0.717) is 6.04 Å². The van der Waals surface area contributed by atoms with Crippen LogP contribution < -0.4 is 10.1 Å². The largest absolute Gasteiger partial charge is 0.494 e. The number of hydrogen-bond acceptors (Lipinski definition) is 3. The molecule has 1 aromatic carbocycles. The van der Waals surface area contributed by atoms with Gasteiger partial charge in [-0.05, 0) is 37.0 Å². The van der Waals surface area contributed by atoms with Gasteiger partial charge in [0.1, 0.15) is 5.75 Å². The molecule has 1 heterocycles. The molecule has 0 saturated carbocycles. The fraction of sp³-hybridized carbons (Fsp3) is 0.647. The van der Waals surface area contributed by atoms with Crippen molar-refractivity contribution >= 4 is 0 Å². The van der Waals surface area contributed by atoms with E-state index in [0.717, 1.165) is 38.5 Å². The summed E-state index contributed by atoms with van der Waals surface area (Å²) in [6.07, 6.45) is 6.01. The van der Waals surface area contributed by atoms with Crippen molar-refractivity contribution in [2.75, 3.05) is 19.8 Å². The van der Waals surface area contributed by atoms with Gasteiger partial charge in [-0.2, -0.15) is 0 Å². The topological polar surface area (TPSA) is 30.5 Å². The van der Waals surface area contributed by atoms with E-state index in [4.69, 9.17) is 9.47 Å². The van der Waals surface area contributed by atoms with E-state index in [2.05, 4.69) is 36.5 Å². The van der Waals surface area contributed by atoms with Crippen molar-refractivity contribution in [3.63, 3.8) is 0 Å². The average molecular weight is 277 g/mol. The lowest BCUT2D eigenvalue weighted by Crippen LogP contribution is -2.36. The molecule has 20 heavy (non-hydrogen) atoms. The summed E-state index contributed by atoms with van der Waals surface area (Å²) in [7, 11) is 0. The second-order valence-corrected chi connectivity index (χ2v) is 5.49. The normalized spacial score (nSPS) is 18.9. The Hall–Kier alpha value is -1.06. The van der Waals surface area contributed by atoms with Crippen LogP contribution in [0.4, 0.5) is 0 Å². The number of nitrogens with one attached hydrogen (secondary N) is 1. The quantitative estimate of drug-likeness (QED) is 0.737. The molecule has 1 fully saturated rings. The zero-order valence-corrected chi connectivity index (χ0v) is 12.6. The molecule has 1 saturated heterocycles. The van der Waals surface area contributed by atoms with Gasteiger partial charge >= 0.3 is 0 Å². The minimum atomic E-state index is 0.508. The molecular formula is C17H27NO2. The number of benzene rings is 1. The van der Waals surface area contributed by atoms with Crippen LogP contribution in [-0.2, 0) is 11.3 Å². The summed E-state index contributed by atoms with van der Waals surface area (Å²) in [5, 5.41) is 3.55. The number of rotatable bonds is 8. The molecular weight excluding hydrogens is 250 g/mol. The lowest BCUT2D eigenvalue weighted by molar-refractivity contribution is 0.0699. The molecule has 0 bridgehead atoms. The Morgan fingerprint density at radius 2 is 2.10 bits per heavy atom. The first-order valence-corrected chi connectivity index (χ1v) is 7.91. The molecule has 3 nitrogen and oxygen atoms in total. The molecule has 2 rings (SSSR count). The molecule has 1 unspecified atom stereocenters. The van der Waals surface area contributed by atoms with E-state index in [-0.39, 0.29) is 0 Å². The first kappa shape index (κ1) is 15.3. The smallest absolute Gasteiger partial charge is 0.119 e. The summed E-state index contributed by atoms with van der Waals surface area (Å²) < 4.78 is 11.2. The van der Waals surface area contributed by atoms with E-state index in [9.17, 15) is 0 Å². The first-order valence-electron chi connectivity index (χ1n) is 7.91. The van der Waals surface area contributed by atoms with Gasteiger partial charge in [0.25, 0.3) is 0 Å². The van der Waals surface area contributed by atoms with Gasteiger partial charge in [-0.3, -0.25) is 0 Å². The second kappa shape index (κ2) is 8.98. The molecule has 0 spiro atoms. The van der Waals surface area contributed by atoms with Gasteiger partial charge < -0.3 is 14.8 Å². The van der Waals surface area contributed by atoms with Crippen LogP contribution in [0.3, 0.4) is 0 Å². The van der Waals surface area contributed by atoms with Crippen LogP contribution in [0.1, 0.15) is 44.6 Å². The van der Waals surface area contributed by atoms with Crippen LogP contribution in [-0.4, -0.2) is 25.9 Å². The third kappa shape index (κ3) is 5.51. The van der Waals surface area contributed by atoms with E-state index in [1.54, 1.807) is 0 Å². The van der Waals surface area contributed by atoms with Crippen molar-refractivity contribution in [3.8, 4) is 5.75 Å². The summed E-state index contributed by atoms with van der Waals surface area (Å²) in [5.41, 5.74) is 1.30. The summed E-state index contributed by atoms with van der Waals surface area (Å²) >= 11 is 0. The highest BCUT2D eigenvalue weighted by Gasteiger charge is 2.12. The lowest BCUT2D eigenvalue weighted by Gasteiger charge is -2.23. The fourth-order valence-electron chi connectivity index (χ4n) is 2.41. The average Bonchev–Trinajstić information content (AvgIpc) is 2.52. The van der Waals surface area contributed by atoms with Crippen molar-refractivity contribution in [3.05, 3.63) is 29.8 Å². The molecule has 1 aliphatic heterocycles. The zero-order chi connectivity index (χ0) is 14.0. The minimum absolute atomic E-state index is 0.508. The Kier molecular flexibility index (Phi) is 6.89. The summed E-state index contributed by atoms with van der Waals surface area (Å²) in [4.78, 5) is 0. The molecule has 3 heteroatoms. The van der Waals surface area contributed by atoms with Crippen molar-refractivity contribution in [2.24, 2.45) is 0 Å². The SMILES string of the molecule is CCCCCOc1ccc(CNC2CCCOC2)cc1. The molecule has 1 aliphatic rings. The van der Waals surface area contributed by atoms with Crippen LogP contribution in [0.25, 0.3) is 0 Å². The predicted octanol–water partition coefficient (Wildman–Crippen LogP) is 3.52. The van der Waals surface area contributed by atoms with Crippen molar-refractivity contribution in [1.82, 2.24) is 5.32 Å². The van der Waals surface area contributed by atoms with Gasteiger partial charge in [0.15, 0.2) is 0 Å². The van der Waals surface area contributed by atoms with E-state index in [1.165, 1.54) is 31.2 Å². The van der Waals surface area contributed by atoms with Gasteiger partial charge in [-0.25, -0.2) is 0 Å². The number of ether oxygens (including phenoxy) is 2. The molecule has 0 aliphatic carbocycles. The highest BCUT2D eigenvalue weighted by atomic mass is 16.5. The Morgan fingerprint density at radius 1 is 1.25 bits per heavy atom. The molecule has 0 aromatic heterocycles. The first-order chi connectivity index (χ1) is 9.88. The highest BCUT2D eigenvalue weighted by Crippen LogP contribution is 2.13. The molecule has 0 radical (unpaired) electrons. The predicted molar refractivity (Wildman–Crippen MR) is 82.1 cm³/mol. The molecule has 0 amide bonds. The molecule has 1 aromatic rings. The molecule has 1 atom stereocenters. The van der Waals surface area contributed by atoms with Crippen LogP contribution in [0.5, 0.6) is 5.75 Å². The maximum Gasteiger partial charge on any atom is 0.119 e. The summed E-state index contributed by atoms with van der Waals surface area (Å²) in [5.74, 6) is 0.978. The monoisotopic (exact) mass is 277 g/mol. The Bertz CT molecular complexity index is 358. The third-order valence-electron chi connectivity index (χ3n) is 3.70. The fourth-order valence-corrected chi connectivity index (χ4v) is 2.41. The van der Waals surface area contributed by atoms with Crippen molar-refractivity contribution < 1.29 is 9.47 Å². The van der Waals surface area contributed by atoms with Crippen molar-refractivity contribution in [1.29, 1.82) is 0 Å². The lowest BCUT2D eigenvalue weighted by atomic mass is 10.1. The van der Waals surface area contributed by atoms with Crippen LogP contribution >= 0.6 is 0 Å². The van der Waals surface area contributed by atoms with Gasteiger partial charge in [-0.1, -0.05) is 31.9 Å².